The van der Waals surface area contributed by atoms with Gasteiger partial charge in [0.2, 0.25) is 5.75 Å². The van der Waals surface area contributed by atoms with Crippen molar-refractivity contribution in [1.82, 2.24) is 5.32 Å². The second-order valence-electron chi connectivity index (χ2n) is 10.3. The van der Waals surface area contributed by atoms with E-state index >= 15 is 0 Å². The quantitative estimate of drug-likeness (QED) is 0.322. The molecule has 3 aromatic carbocycles. The first-order valence-corrected chi connectivity index (χ1v) is 13.8. The van der Waals surface area contributed by atoms with Crippen LogP contribution in [0.3, 0.4) is 0 Å². The van der Waals surface area contributed by atoms with E-state index in [1.165, 1.54) is 21.3 Å². The van der Waals surface area contributed by atoms with Crippen molar-refractivity contribution in [3.63, 3.8) is 0 Å². The summed E-state index contributed by atoms with van der Waals surface area (Å²) in [6.07, 6.45) is 0.914. The molecule has 0 fully saturated rings. The number of allylic oxidation sites excluding steroid dienone is 3. The van der Waals surface area contributed by atoms with Crippen molar-refractivity contribution in [2.75, 3.05) is 28.4 Å². The summed E-state index contributed by atoms with van der Waals surface area (Å²) in [5.41, 5.74) is 4.93. The zero-order chi connectivity index (χ0) is 29.8. The van der Waals surface area contributed by atoms with Gasteiger partial charge in [-0.15, -0.1) is 0 Å². The Morgan fingerprint density at radius 2 is 1.50 bits per heavy atom. The number of hydrogen-bond acceptors (Lipinski definition) is 8. The van der Waals surface area contributed by atoms with Crippen LogP contribution in [0.2, 0.25) is 0 Å². The fourth-order valence-corrected chi connectivity index (χ4v) is 5.82. The number of esters is 1. The van der Waals surface area contributed by atoms with Gasteiger partial charge in [-0.1, -0.05) is 42.5 Å². The monoisotopic (exact) mass is 569 g/mol. The third kappa shape index (κ3) is 5.57. The van der Waals surface area contributed by atoms with E-state index in [0.29, 0.717) is 52.5 Å². The number of carbonyl (C=O) groups is 2. The number of dihydropyridines is 1. The largest absolute Gasteiger partial charge is 0.497 e. The summed E-state index contributed by atoms with van der Waals surface area (Å²) in [6.45, 7) is 1.95. The number of rotatable bonds is 9. The minimum Gasteiger partial charge on any atom is -0.497 e. The lowest BCUT2D eigenvalue weighted by molar-refractivity contribution is -0.140. The van der Waals surface area contributed by atoms with Gasteiger partial charge in [0.05, 0.1) is 34.0 Å². The minimum absolute atomic E-state index is 0.0189. The Labute approximate surface area is 245 Å². The zero-order valence-corrected chi connectivity index (χ0v) is 24.5. The van der Waals surface area contributed by atoms with Crippen LogP contribution >= 0.6 is 0 Å². The molecule has 1 N–H and O–H groups in total. The summed E-state index contributed by atoms with van der Waals surface area (Å²) in [5, 5.41) is 3.41. The molecule has 0 saturated carbocycles. The van der Waals surface area contributed by atoms with E-state index in [1.54, 1.807) is 19.2 Å². The third-order valence-electron chi connectivity index (χ3n) is 7.87. The molecular weight excluding hydrogens is 534 g/mol. The molecule has 0 saturated heterocycles. The molecule has 42 heavy (non-hydrogen) atoms. The predicted molar refractivity (Wildman–Crippen MR) is 158 cm³/mol. The Bertz CT molecular complexity index is 1510. The molecule has 8 heteroatoms. The summed E-state index contributed by atoms with van der Waals surface area (Å²) in [6, 6.07) is 20.9. The normalized spacial score (nSPS) is 18.2. The van der Waals surface area contributed by atoms with Crippen LogP contribution in [0.5, 0.6) is 23.0 Å². The Hall–Kier alpha value is -4.72. The van der Waals surface area contributed by atoms with E-state index in [0.717, 1.165) is 22.6 Å². The van der Waals surface area contributed by atoms with E-state index < -0.39 is 11.9 Å². The molecule has 3 aromatic rings. The van der Waals surface area contributed by atoms with Crippen LogP contribution < -0.4 is 24.3 Å². The maximum absolute atomic E-state index is 14.0. The van der Waals surface area contributed by atoms with Gasteiger partial charge in [-0.05, 0) is 60.2 Å². The van der Waals surface area contributed by atoms with E-state index in [1.807, 2.05) is 61.5 Å². The van der Waals surface area contributed by atoms with E-state index in [9.17, 15) is 9.59 Å². The highest BCUT2D eigenvalue weighted by atomic mass is 16.5. The molecule has 1 heterocycles. The molecule has 0 aromatic heterocycles. The number of methoxy groups -OCH3 is 4. The van der Waals surface area contributed by atoms with Crippen LogP contribution in [0.25, 0.3) is 0 Å². The van der Waals surface area contributed by atoms with Crippen molar-refractivity contribution in [2.45, 2.75) is 38.2 Å². The summed E-state index contributed by atoms with van der Waals surface area (Å²) in [4.78, 5) is 27.8. The van der Waals surface area contributed by atoms with Gasteiger partial charge in [-0.3, -0.25) is 4.79 Å². The summed E-state index contributed by atoms with van der Waals surface area (Å²) in [5.74, 6) is 0.801. The molecule has 8 nitrogen and oxygen atoms in total. The van der Waals surface area contributed by atoms with Crippen LogP contribution in [0.4, 0.5) is 0 Å². The van der Waals surface area contributed by atoms with Crippen molar-refractivity contribution in [2.24, 2.45) is 0 Å². The zero-order valence-electron chi connectivity index (χ0n) is 24.5. The fourth-order valence-electron chi connectivity index (χ4n) is 5.82. The smallest absolute Gasteiger partial charge is 0.337 e. The van der Waals surface area contributed by atoms with Gasteiger partial charge in [-0.2, -0.15) is 0 Å². The number of nitrogens with one attached hydrogen (secondary N) is 1. The summed E-state index contributed by atoms with van der Waals surface area (Å²) < 4.78 is 27.9. The number of benzene rings is 3. The molecule has 0 spiro atoms. The van der Waals surface area contributed by atoms with Crippen LogP contribution in [0, 0.1) is 0 Å². The molecule has 2 atom stereocenters. The Balaban J connectivity index is 1.58. The lowest BCUT2D eigenvalue weighted by atomic mass is 9.71. The minimum atomic E-state index is -0.692. The lowest BCUT2D eigenvalue weighted by Crippen LogP contribution is -2.36. The SMILES string of the molecule is COc1ccc([C@@H]2CC(=O)C3=C(C2)NC(C)=C(C(=O)OCc2ccccc2)[C@H]3c2cc(OC)c(OC)c(OC)c2)cc1. The number of carbonyl (C=O) groups excluding carboxylic acids is 2. The fraction of sp³-hybridized carbons (Fsp3) is 0.294. The average molecular weight is 570 g/mol. The number of ether oxygens (including phenoxy) is 5. The van der Waals surface area contributed by atoms with Crippen molar-refractivity contribution in [1.29, 1.82) is 0 Å². The highest BCUT2D eigenvalue weighted by Crippen LogP contribution is 2.49. The average Bonchev–Trinajstić information content (AvgIpc) is 3.02. The molecule has 0 bridgehead atoms. The first kappa shape index (κ1) is 28.8. The highest BCUT2D eigenvalue weighted by molar-refractivity contribution is 6.04. The van der Waals surface area contributed by atoms with E-state index in [-0.39, 0.29) is 18.3 Å². The summed E-state index contributed by atoms with van der Waals surface area (Å²) in [7, 11) is 6.24. The number of ketones is 1. The molecule has 0 radical (unpaired) electrons. The molecule has 1 aliphatic carbocycles. The molecule has 0 amide bonds. The molecule has 2 aliphatic rings. The molecular formula is C34H35NO7. The maximum atomic E-state index is 14.0. The maximum Gasteiger partial charge on any atom is 0.337 e. The first-order valence-electron chi connectivity index (χ1n) is 13.8. The number of hydrogen-bond donors (Lipinski definition) is 1. The Morgan fingerprint density at radius 1 is 0.833 bits per heavy atom. The van der Waals surface area contributed by atoms with Gasteiger partial charge in [0.1, 0.15) is 12.4 Å². The molecule has 0 unspecified atom stereocenters. The van der Waals surface area contributed by atoms with Gasteiger partial charge in [0.15, 0.2) is 17.3 Å². The van der Waals surface area contributed by atoms with Gasteiger partial charge >= 0.3 is 5.97 Å². The van der Waals surface area contributed by atoms with Crippen molar-refractivity contribution < 1.29 is 33.3 Å². The van der Waals surface area contributed by atoms with Crippen LogP contribution in [-0.4, -0.2) is 40.2 Å². The van der Waals surface area contributed by atoms with Crippen molar-refractivity contribution >= 4 is 11.8 Å². The second-order valence-corrected chi connectivity index (χ2v) is 10.3. The standard InChI is InChI=1S/C34H35NO7/c1-20-30(34(37)42-19-21-9-7-6-8-10-21)31(24-17-28(39-3)33(41-5)29(18-24)40-4)32-26(35-20)15-23(16-27(32)36)22-11-13-25(38-2)14-12-22/h6-14,17-18,23,31,35H,15-16,19H2,1-5H3/t23-,31+/m0/s1. The van der Waals surface area contributed by atoms with Gasteiger partial charge in [-0.25, -0.2) is 4.79 Å². The van der Waals surface area contributed by atoms with Gasteiger partial charge in [0, 0.05) is 29.3 Å². The molecule has 1 aliphatic heterocycles. The van der Waals surface area contributed by atoms with Crippen LogP contribution in [0.1, 0.15) is 48.3 Å². The van der Waals surface area contributed by atoms with E-state index in [4.69, 9.17) is 23.7 Å². The number of Topliss-reactive ketones (excluding diaryl/α,β-unsaturated/α-hetero) is 1. The van der Waals surface area contributed by atoms with Crippen molar-refractivity contribution in [3.8, 4) is 23.0 Å². The highest BCUT2D eigenvalue weighted by Gasteiger charge is 2.42. The predicted octanol–water partition coefficient (Wildman–Crippen LogP) is 5.83. The third-order valence-corrected chi connectivity index (χ3v) is 7.87. The second kappa shape index (κ2) is 12.4. The topological polar surface area (TPSA) is 92.3 Å². The van der Waals surface area contributed by atoms with Crippen LogP contribution in [-0.2, 0) is 20.9 Å². The lowest BCUT2D eigenvalue weighted by Gasteiger charge is -2.37. The molecule has 218 valence electrons. The first-order chi connectivity index (χ1) is 20.4. The Kier molecular flexibility index (Phi) is 8.52. The van der Waals surface area contributed by atoms with Gasteiger partial charge in [0.25, 0.3) is 0 Å². The molecule has 5 rings (SSSR count). The van der Waals surface area contributed by atoms with E-state index in [2.05, 4.69) is 5.32 Å². The van der Waals surface area contributed by atoms with Crippen molar-refractivity contribution in [3.05, 3.63) is 106 Å². The Morgan fingerprint density at radius 3 is 2.10 bits per heavy atom. The van der Waals surface area contributed by atoms with Gasteiger partial charge < -0.3 is 29.0 Å². The summed E-state index contributed by atoms with van der Waals surface area (Å²) >= 11 is 0. The van der Waals surface area contributed by atoms with Crippen LogP contribution in [0.15, 0.2) is 89.3 Å².